The van der Waals surface area contributed by atoms with Crippen LogP contribution >= 0.6 is 0 Å². The van der Waals surface area contributed by atoms with Crippen LogP contribution in [0.15, 0.2) is 30.3 Å². The lowest BCUT2D eigenvalue weighted by molar-refractivity contribution is -0.144. The third kappa shape index (κ3) is 3.33. The van der Waals surface area contributed by atoms with Gasteiger partial charge in [-0.3, -0.25) is 4.79 Å². The Balaban J connectivity index is 2.02. The molecule has 1 aliphatic heterocycles. The first-order valence-electron chi connectivity index (χ1n) is 6.85. The van der Waals surface area contributed by atoms with Crippen LogP contribution in [0.4, 0.5) is 0 Å². The lowest BCUT2D eigenvalue weighted by Crippen LogP contribution is -2.50. The number of rotatable bonds is 4. The summed E-state index contributed by atoms with van der Waals surface area (Å²) in [5.41, 5.74) is 0.924. The van der Waals surface area contributed by atoms with Crippen LogP contribution in [-0.2, 0) is 9.53 Å². The average Bonchev–Trinajstić information content (AvgIpc) is 2.49. The number of carbonyl (C=O) groups excluding carboxylic acids is 1. The van der Waals surface area contributed by atoms with Crippen molar-refractivity contribution in [3.8, 4) is 0 Å². The molecule has 0 spiro atoms. The van der Waals surface area contributed by atoms with E-state index in [1.807, 2.05) is 35.2 Å². The first-order chi connectivity index (χ1) is 9.26. The van der Waals surface area contributed by atoms with Gasteiger partial charge in [-0.25, -0.2) is 0 Å². The average molecular weight is 262 g/mol. The number of hydrogen-bond acceptors (Lipinski definition) is 3. The largest absolute Gasteiger partial charge is 0.367 e. The number of carbonyl (C=O) groups is 1. The summed E-state index contributed by atoms with van der Waals surface area (Å²) in [6.07, 6.45) is -0.477. The normalized spacial score (nSPS) is 18.3. The van der Waals surface area contributed by atoms with E-state index in [9.17, 15) is 4.79 Å². The van der Waals surface area contributed by atoms with Crippen molar-refractivity contribution in [1.29, 1.82) is 0 Å². The van der Waals surface area contributed by atoms with Crippen LogP contribution in [0.3, 0.4) is 0 Å². The smallest absolute Gasteiger partial charge is 0.256 e. The number of hydrogen-bond donors (Lipinski definition) is 0. The van der Waals surface area contributed by atoms with Gasteiger partial charge in [0.05, 0.1) is 0 Å². The van der Waals surface area contributed by atoms with E-state index in [4.69, 9.17) is 4.74 Å². The number of piperazine rings is 1. The van der Waals surface area contributed by atoms with E-state index in [2.05, 4.69) is 11.8 Å². The summed E-state index contributed by atoms with van der Waals surface area (Å²) in [5, 5.41) is 0. The molecule has 0 aromatic heterocycles. The van der Waals surface area contributed by atoms with E-state index in [1.54, 1.807) is 7.11 Å². The molecule has 1 aromatic carbocycles. The van der Waals surface area contributed by atoms with Gasteiger partial charge in [0, 0.05) is 33.3 Å². The molecular formula is C15H22N2O2. The molecule has 1 saturated heterocycles. The van der Waals surface area contributed by atoms with Gasteiger partial charge in [-0.2, -0.15) is 0 Å². The highest BCUT2D eigenvalue weighted by Gasteiger charge is 2.27. The van der Waals surface area contributed by atoms with Crippen molar-refractivity contribution in [2.24, 2.45) is 0 Å². The van der Waals surface area contributed by atoms with Crippen LogP contribution in [0.25, 0.3) is 0 Å². The van der Waals surface area contributed by atoms with Crippen LogP contribution < -0.4 is 0 Å². The zero-order valence-electron chi connectivity index (χ0n) is 11.7. The molecule has 0 bridgehead atoms. The van der Waals surface area contributed by atoms with Crippen molar-refractivity contribution < 1.29 is 9.53 Å². The minimum absolute atomic E-state index is 0.0736. The van der Waals surface area contributed by atoms with Gasteiger partial charge in [0.1, 0.15) is 0 Å². The van der Waals surface area contributed by atoms with Gasteiger partial charge in [0.2, 0.25) is 0 Å². The molecule has 19 heavy (non-hydrogen) atoms. The molecule has 2 rings (SSSR count). The van der Waals surface area contributed by atoms with Gasteiger partial charge < -0.3 is 14.5 Å². The molecule has 0 N–H and O–H groups in total. The van der Waals surface area contributed by atoms with Crippen LogP contribution in [0.5, 0.6) is 0 Å². The standard InChI is InChI=1S/C15H22N2O2/c1-3-16-9-11-17(12-10-16)15(18)14(19-2)13-7-5-4-6-8-13/h4-8,14H,3,9-12H2,1-2H3/t14-/m0/s1. The minimum atomic E-state index is -0.477. The van der Waals surface area contributed by atoms with Crippen LogP contribution in [0, 0.1) is 0 Å². The third-order valence-corrected chi connectivity index (χ3v) is 3.69. The molecule has 4 heteroatoms. The van der Waals surface area contributed by atoms with Gasteiger partial charge in [-0.1, -0.05) is 37.3 Å². The van der Waals surface area contributed by atoms with Crippen LogP contribution in [-0.4, -0.2) is 55.5 Å². The number of nitrogens with zero attached hydrogens (tertiary/aromatic N) is 2. The molecular weight excluding hydrogens is 240 g/mol. The second-order valence-corrected chi connectivity index (χ2v) is 4.79. The van der Waals surface area contributed by atoms with E-state index in [1.165, 1.54) is 0 Å². The summed E-state index contributed by atoms with van der Waals surface area (Å²) >= 11 is 0. The van der Waals surface area contributed by atoms with E-state index >= 15 is 0 Å². The van der Waals surface area contributed by atoms with Crippen molar-refractivity contribution in [2.75, 3.05) is 39.8 Å². The minimum Gasteiger partial charge on any atom is -0.367 e. The molecule has 1 aliphatic rings. The summed E-state index contributed by atoms with van der Waals surface area (Å²) in [6, 6.07) is 9.69. The maximum atomic E-state index is 12.5. The highest BCUT2D eigenvalue weighted by molar-refractivity contribution is 5.82. The molecule has 0 radical (unpaired) electrons. The van der Waals surface area contributed by atoms with E-state index < -0.39 is 6.10 Å². The van der Waals surface area contributed by atoms with Gasteiger partial charge in [-0.05, 0) is 12.1 Å². The van der Waals surface area contributed by atoms with E-state index in [0.717, 1.165) is 38.3 Å². The highest BCUT2D eigenvalue weighted by atomic mass is 16.5. The fraction of sp³-hybridized carbons (Fsp3) is 0.533. The summed E-state index contributed by atoms with van der Waals surface area (Å²) < 4.78 is 5.40. The fourth-order valence-corrected chi connectivity index (χ4v) is 2.46. The third-order valence-electron chi connectivity index (χ3n) is 3.69. The SMILES string of the molecule is CCN1CCN(C(=O)[C@@H](OC)c2ccccc2)CC1. The van der Waals surface area contributed by atoms with Gasteiger partial charge in [0.25, 0.3) is 5.91 Å². The Morgan fingerprint density at radius 1 is 1.21 bits per heavy atom. The topological polar surface area (TPSA) is 32.8 Å². The Labute approximate surface area is 115 Å². The first-order valence-corrected chi connectivity index (χ1v) is 6.85. The summed E-state index contributed by atoms with van der Waals surface area (Å²) in [6.45, 7) is 6.69. The Bertz CT molecular complexity index is 400. The number of methoxy groups -OCH3 is 1. The first kappa shape index (κ1) is 14.0. The Morgan fingerprint density at radius 3 is 2.37 bits per heavy atom. The summed E-state index contributed by atoms with van der Waals surface area (Å²) in [5.74, 6) is 0.0736. The molecule has 1 amide bonds. The van der Waals surface area contributed by atoms with Crippen molar-refractivity contribution in [3.05, 3.63) is 35.9 Å². The lowest BCUT2D eigenvalue weighted by atomic mass is 10.1. The number of benzene rings is 1. The Kier molecular flexibility index (Phi) is 4.93. The second-order valence-electron chi connectivity index (χ2n) is 4.79. The number of ether oxygens (including phenoxy) is 1. The maximum Gasteiger partial charge on any atom is 0.256 e. The monoisotopic (exact) mass is 262 g/mol. The van der Waals surface area contributed by atoms with Crippen LogP contribution in [0.1, 0.15) is 18.6 Å². The zero-order valence-corrected chi connectivity index (χ0v) is 11.7. The van der Waals surface area contributed by atoms with E-state index in [0.29, 0.717) is 0 Å². The molecule has 0 unspecified atom stereocenters. The van der Waals surface area contributed by atoms with Crippen molar-refractivity contribution in [2.45, 2.75) is 13.0 Å². The lowest BCUT2D eigenvalue weighted by Gasteiger charge is -2.35. The Hall–Kier alpha value is -1.39. The molecule has 0 aliphatic carbocycles. The highest BCUT2D eigenvalue weighted by Crippen LogP contribution is 2.20. The maximum absolute atomic E-state index is 12.5. The molecule has 1 atom stereocenters. The predicted molar refractivity (Wildman–Crippen MR) is 74.9 cm³/mol. The van der Waals surface area contributed by atoms with Gasteiger partial charge >= 0.3 is 0 Å². The molecule has 4 nitrogen and oxygen atoms in total. The molecule has 0 saturated carbocycles. The summed E-state index contributed by atoms with van der Waals surface area (Å²) in [7, 11) is 1.60. The molecule has 1 fully saturated rings. The summed E-state index contributed by atoms with van der Waals surface area (Å²) in [4.78, 5) is 16.8. The molecule has 1 heterocycles. The van der Waals surface area contributed by atoms with Gasteiger partial charge in [-0.15, -0.1) is 0 Å². The van der Waals surface area contributed by atoms with Crippen molar-refractivity contribution >= 4 is 5.91 Å². The van der Waals surface area contributed by atoms with Crippen LogP contribution in [0.2, 0.25) is 0 Å². The fourth-order valence-electron chi connectivity index (χ4n) is 2.46. The molecule has 1 aromatic rings. The Morgan fingerprint density at radius 2 is 1.84 bits per heavy atom. The van der Waals surface area contributed by atoms with Crippen molar-refractivity contribution in [3.63, 3.8) is 0 Å². The van der Waals surface area contributed by atoms with E-state index in [-0.39, 0.29) is 5.91 Å². The number of likely N-dealkylation sites (N-methyl/N-ethyl adjacent to an activating group) is 1. The predicted octanol–water partition coefficient (Wildman–Crippen LogP) is 1.54. The zero-order chi connectivity index (χ0) is 13.7. The van der Waals surface area contributed by atoms with Crippen molar-refractivity contribution in [1.82, 2.24) is 9.80 Å². The second kappa shape index (κ2) is 6.68. The molecule has 104 valence electrons. The quantitative estimate of drug-likeness (QED) is 0.825. The van der Waals surface area contributed by atoms with Gasteiger partial charge in [0.15, 0.2) is 6.10 Å². The number of amides is 1.